The fourth-order valence-electron chi connectivity index (χ4n) is 7.53. The van der Waals surface area contributed by atoms with Gasteiger partial charge in [0, 0.05) is 0 Å². The first-order valence-corrected chi connectivity index (χ1v) is 21.3. The van der Waals surface area contributed by atoms with E-state index in [0.29, 0.717) is 19.1 Å². The average Bonchev–Trinajstić information content (AvgIpc) is 3.57. The minimum atomic E-state index is -2.55. The zero-order valence-electron chi connectivity index (χ0n) is 29.8. The second-order valence-electron chi connectivity index (χ2n) is 16.5. The molecule has 1 fully saturated rings. The molecule has 0 amide bonds. The van der Waals surface area contributed by atoms with Crippen molar-refractivity contribution >= 4 is 3.21 Å². The number of benzene rings is 3. The minimum absolute atomic E-state index is 0. The topological polar surface area (TPSA) is 0 Å². The first-order chi connectivity index (χ1) is 20.7. The molecule has 3 aliphatic carbocycles. The summed E-state index contributed by atoms with van der Waals surface area (Å²) in [6.07, 6.45) is 14.0. The van der Waals surface area contributed by atoms with E-state index in [9.17, 15) is 0 Å². The van der Waals surface area contributed by atoms with Crippen molar-refractivity contribution in [2.24, 2.45) is 5.92 Å². The van der Waals surface area contributed by atoms with Gasteiger partial charge in [0.1, 0.15) is 0 Å². The van der Waals surface area contributed by atoms with Gasteiger partial charge in [-0.2, -0.15) is 0 Å². The Hall–Kier alpha value is -1.53. The van der Waals surface area contributed by atoms with Crippen LogP contribution in [0.4, 0.5) is 0 Å². The van der Waals surface area contributed by atoms with Gasteiger partial charge in [0.15, 0.2) is 0 Å². The normalized spacial score (nSPS) is 16.7. The molecule has 0 radical (unpaired) electrons. The maximum absolute atomic E-state index is 2.64. The SMILES string of the molecule is CC(C)c1cc([C](C2CCC2)=[Zr+2]([CH]2C=CC=C2)[CH]2c3cc(C(C)(C)C)ccc3-c3ccc(C(C)(C)C)cc32)cc(C(C)C)c1.[Cl-].[Cl-]. The van der Waals surface area contributed by atoms with E-state index in [1.807, 2.05) is 3.21 Å². The van der Waals surface area contributed by atoms with Crippen LogP contribution < -0.4 is 24.8 Å². The van der Waals surface area contributed by atoms with Crippen molar-refractivity contribution in [1.29, 1.82) is 0 Å². The Morgan fingerprint density at radius 1 is 0.652 bits per heavy atom. The molecule has 0 saturated heterocycles. The molecular weight excluding hydrogens is 679 g/mol. The summed E-state index contributed by atoms with van der Waals surface area (Å²) in [5, 5.41) is 0. The maximum atomic E-state index is 2.64. The van der Waals surface area contributed by atoms with E-state index in [4.69, 9.17) is 0 Å². The van der Waals surface area contributed by atoms with Crippen LogP contribution in [0.2, 0.25) is 3.63 Å². The van der Waals surface area contributed by atoms with E-state index < -0.39 is 21.3 Å². The molecule has 1 saturated carbocycles. The maximum Gasteiger partial charge on any atom is -1.00 e. The van der Waals surface area contributed by atoms with Crippen molar-refractivity contribution in [3.05, 3.63) is 118 Å². The van der Waals surface area contributed by atoms with Crippen molar-refractivity contribution < 1.29 is 46.1 Å². The number of allylic oxidation sites excluding steroid dienone is 4. The van der Waals surface area contributed by atoms with Crippen LogP contribution in [-0.4, -0.2) is 3.21 Å². The zero-order chi connectivity index (χ0) is 31.6. The van der Waals surface area contributed by atoms with Crippen LogP contribution in [-0.2, 0) is 32.1 Å². The molecule has 244 valence electrons. The third-order valence-corrected chi connectivity index (χ3v) is 19.6. The van der Waals surface area contributed by atoms with E-state index in [0.717, 1.165) is 5.92 Å². The van der Waals surface area contributed by atoms with E-state index in [1.54, 1.807) is 16.7 Å². The van der Waals surface area contributed by atoms with Gasteiger partial charge in [-0.3, -0.25) is 0 Å². The summed E-state index contributed by atoms with van der Waals surface area (Å²) in [5.74, 6) is 1.80. The third kappa shape index (κ3) is 7.09. The number of hydrogen-bond donors (Lipinski definition) is 0. The Kier molecular flexibility index (Phi) is 11.5. The number of fused-ring (bicyclic) bond motifs is 3. The summed E-state index contributed by atoms with van der Waals surface area (Å²) in [6.45, 7) is 23.8. The van der Waals surface area contributed by atoms with Gasteiger partial charge in [-0.25, -0.2) is 0 Å². The van der Waals surface area contributed by atoms with Crippen molar-refractivity contribution in [2.75, 3.05) is 0 Å². The first-order valence-electron chi connectivity index (χ1n) is 17.3. The summed E-state index contributed by atoms with van der Waals surface area (Å²) < 4.78 is 3.01. The van der Waals surface area contributed by atoms with E-state index in [-0.39, 0.29) is 35.6 Å². The second-order valence-corrected chi connectivity index (χ2v) is 23.1. The molecule has 0 nitrogen and oxygen atoms in total. The Morgan fingerprint density at radius 3 is 1.48 bits per heavy atom. The monoisotopic (exact) mass is 730 g/mol. The molecule has 3 heteroatoms. The molecule has 3 aromatic rings. The van der Waals surface area contributed by atoms with Crippen molar-refractivity contribution in [2.45, 2.75) is 118 Å². The fourth-order valence-corrected chi connectivity index (χ4v) is 17.6. The first kappa shape index (κ1) is 37.3. The van der Waals surface area contributed by atoms with Crippen LogP contribution in [0.3, 0.4) is 0 Å². The van der Waals surface area contributed by atoms with Gasteiger partial charge >= 0.3 is 278 Å². The van der Waals surface area contributed by atoms with Crippen LogP contribution in [0.25, 0.3) is 11.1 Å². The van der Waals surface area contributed by atoms with Gasteiger partial charge < -0.3 is 24.8 Å². The van der Waals surface area contributed by atoms with Crippen molar-refractivity contribution in [3.63, 3.8) is 0 Å². The molecule has 0 heterocycles. The number of rotatable bonds is 6. The minimum Gasteiger partial charge on any atom is -1.00 e. The molecule has 3 aromatic carbocycles. The molecule has 3 aliphatic rings. The molecular formula is C43H54Cl2Zr. The molecule has 0 aromatic heterocycles. The van der Waals surface area contributed by atoms with Gasteiger partial charge in [-0.05, 0) is 0 Å². The molecule has 0 atom stereocenters. The van der Waals surface area contributed by atoms with E-state index in [1.165, 1.54) is 52.6 Å². The Labute approximate surface area is 300 Å². The predicted molar refractivity (Wildman–Crippen MR) is 189 cm³/mol. The van der Waals surface area contributed by atoms with Crippen LogP contribution in [0, 0.1) is 5.92 Å². The van der Waals surface area contributed by atoms with Crippen LogP contribution in [0.15, 0.2) is 78.9 Å². The van der Waals surface area contributed by atoms with Gasteiger partial charge in [0.2, 0.25) is 0 Å². The molecule has 46 heavy (non-hydrogen) atoms. The van der Waals surface area contributed by atoms with Gasteiger partial charge in [-0.1, -0.05) is 0 Å². The predicted octanol–water partition coefficient (Wildman–Crippen LogP) is 6.16. The number of hydrogen-bond acceptors (Lipinski definition) is 0. The Morgan fingerprint density at radius 2 is 1.11 bits per heavy atom. The average molecular weight is 733 g/mol. The van der Waals surface area contributed by atoms with Gasteiger partial charge in [-0.15, -0.1) is 0 Å². The van der Waals surface area contributed by atoms with Gasteiger partial charge in [0.25, 0.3) is 0 Å². The standard InChI is InChI=1S/C21H25.C17H24.C5H5.2ClH.Zr/c1-20(2,3)16-7-9-18-14(12-16)11-15-13-17(21(4,5)6)8-10-19(15)18;1-12(2)16-9-15(8-14-6-5-7-14)10-17(11-16)13(3)4;1-2-4-5-3-1;;;/h7-13H,1-6H3;9-14H,5-7H2,1-4H3;1-5H;2*1H;/q;;;;;+2/p-2. The summed E-state index contributed by atoms with van der Waals surface area (Å²) in [4.78, 5) is 0. The summed E-state index contributed by atoms with van der Waals surface area (Å²) in [6, 6.07) is 22.8. The number of halogens is 2. The van der Waals surface area contributed by atoms with E-state index >= 15 is 0 Å². The van der Waals surface area contributed by atoms with E-state index in [2.05, 4.69) is 148 Å². The fraction of sp³-hybridized carbons (Fsp3) is 0.465. The van der Waals surface area contributed by atoms with Crippen molar-refractivity contribution in [3.8, 4) is 11.1 Å². The Bertz CT molecular complexity index is 1570. The van der Waals surface area contributed by atoms with Gasteiger partial charge in [0.05, 0.1) is 0 Å². The summed E-state index contributed by atoms with van der Waals surface area (Å²) in [5.41, 5.74) is 14.1. The largest absolute Gasteiger partial charge is 1.00 e. The third-order valence-electron chi connectivity index (χ3n) is 10.6. The van der Waals surface area contributed by atoms with Crippen LogP contribution in [0.5, 0.6) is 0 Å². The molecule has 0 bridgehead atoms. The molecule has 0 N–H and O–H groups in total. The molecule has 0 spiro atoms. The smallest absolute Gasteiger partial charge is 1.00 e. The van der Waals surface area contributed by atoms with Crippen molar-refractivity contribution in [1.82, 2.24) is 0 Å². The Balaban J connectivity index is 0.00000240. The molecule has 0 unspecified atom stereocenters. The molecule has 6 rings (SSSR count). The quantitative estimate of drug-likeness (QED) is 0.285. The summed E-state index contributed by atoms with van der Waals surface area (Å²) in [7, 11) is 0. The van der Waals surface area contributed by atoms with Crippen LogP contribution >= 0.6 is 0 Å². The zero-order valence-corrected chi connectivity index (χ0v) is 33.7. The second kappa shape index (κ2) is 14.1. The summed E-state index contributed by atoms with van der Waals surface area (Å²) >= 11 is -2.55. The van der Waals surface area contributed by atoms with Crippen LogP contribution in [0.1, 0.15) is 143 Å². The molecule has 0 aliphatic heterocycles.